The number of hydrogen-bond donors (Lipinski definition) is 1. The molecule has 0 aromatic heterocycles. The van der Waals surface area contributed by atoms with Crippen LogP contribution in [0.5, 0.6) is 0 Å². The van der Waals surface area contributed by atoms with E-state index < -0.39 is 11.4 Å². The Hall–Kier alpha value is -0.790. The fourth-order valence-electron chi connectivity index (χ4n) is 1.87. The number of aliphatic carboxylic acids is 1. The van der Waals surface area contributed by atoms with Crippen molar-refractivity contribution in [1.29, 1.82) is 0 Å². The van der Waals surface area contributed by atoms with Gasteiger partial charge in [-0.1, -0.05) is 32.3 Å². The molecule has 2 nitrogen and oxygen atoms in total. The summed E-state index contributed by atoms with van der Waals surface area (Å²) in [6.45, 7) is 7.58. The third-order valence-electron chi connectivity index (χ3n) is 2.95. The molecule has 0 amide bonds. The Morgan fingerprint density at radius 2 is 2.00 bits per heavy atom. The van der Waals surface area contributed by atoms with E-state index in [2.05, 4.69) is 6.58 Å². The summed E-state index contributed by atoms with van der Waals surface area (Å²) in [4.78, 5) is 11.1. The van der Waals surface area contributed by atoms with Gasteiger partial charge < -0.3 is 5.11 Å². The van der Waals surface area contributed by atoms with Crippen LogP contribution < -0.4 is 0 Å². The van der Waals surface area contributed by atoms with Crippen molar-refractivity contribution >= 4 is 5.97 Å². The monoisotopic (exact) mass is 212 g/mol. The van der Waals surface area contributed by atoms with E-state index >= 15 is 0 Å². The average molecular weight is 212 g/mol. The number of rotatable bonds is 9. The Balaban J connectivity index is 3.86. The van der Waals surface area contributed by atoms with Gasteiger partial charge in [0.15, 0.2) is 0 Å². The Morgan fingerprint density at radius 1 is 1.33 bits per heavy atom. The molecule has 0 aliphatic carbocycles. The lowest BCUT2D eigenvalue weighted by Gasteiger charge is -2.23. The van der Waals surface area contributed by atoms with Crippen LogP contribution in [0.1, 0.15) is 58.8 Å². The van der Waals surface area contributed by atoms with Crippen molar-refractivity contribution < 1.29 is 9.90 Å². The zero-order valence-electron chi connectivity index (χ0n) is 10.1. The maximum Gasteiger partial charge on any atom is 0.309 e. The van der Waals surface area contributed by atoms with E-state index in [0.29, 0.717) is 0 Å². The lowest BCUT2D eigenvalue weighted by atomic mass is 9.80. The van der Waals surface area contributed by atoms with Gasteiger partial charge >= 0.3 is 5.97 Å². The minimum absolute atomic E-state index is 0.511. The van der Waals surface area contributed by atoms with E-state index in [-0.39, 0.29) is 0 Å². The summed E-state index contributed by atoms with van der Waals surface area (Å²) >= 11 is 0. The highest BCUT2D eigenvalue weighted by molar-refractivity contribution is 5.73. The summed E-state index contributed by atoms with van der Waals surface area (Å²) in [5, 5.41) is 9.15. The maximum atomic E-state index is 11.1. The summed E-state index contributed by atoms with van der Waals surface area (Å²) < 4.78 is 0. The first kappa shape index (κ1) is 14.2. The molecule has 0 saturated carbocycles. The van der Waals surface area contributed by atoms with Gasteiger partial charge in [0.2, 0.25) is 0 Å². The molecule has 1 N–H and O–H groups in total. The van der Waals surface area contributed by atoms with Crippen molar-refractivity contribution in [1.82, 2.24) is 0 Å². The number of carbonyl (C=O) groups is 1. The van der Waals surface area contributed by atoms with Crippen LogP contribution in [-0.4, -0.2) is 11.1 Å². The quantitative estimate of drug-likeness (QED) is 0.463. The van der Waals surface area contributed by atoms with Crippen molar-refractivity contribution in [2.75, 3.05) is 0 Å². The predicted octanol–water partition coefficient (Wildman–Crippen LogP) is 4.01. The molecular weight excluding hydrogens is 188 g/mol. The van der Waals surface area contributed by atoms with Crippen molar-refractivity contribution in [3.63, 3.8) is 0 Å². The topological polar surface area (TPSA) is 37.3 Å². The van der Waals surface area contributed by atoms with E-state index in [1.54, 1.807) is 0 Å². The van der Waals surface area contributed by atoms with E-state index in [1.165, 1.54) is 0 Å². The minimum atomic E-state index is -0.645. The molecule has 0 rings (SSSR count). The Morgan fingerprint density at radius 3 is 2.47 bits per heavy atom. The van der Waals surface area contributed by atoms with Crippen LogP contribution in [-0.2, 0) is 4.79 Å². The third-order valence-corrected chi connectivity index (χ3v) is 2.95. The van der Waals surface area contributed by atoms with Crippen molar-refractivity contribution in [3.05, 3.63) is 12.7 Å². The molecule has 0 bridgehead atoms. The largest absolute Gasteiger partial charge is 0.481 e. The molecule has 0 spiro atoms. The van der Waals surface area contributed by atoms with Gasteiger partial charge in [-0.15, -0.1) is 6.58 Å². The van der Waals surface area contributed by atoms with E-state index in [0.717, 1.165) is 44.9 Å². The fraction of sp³-hybridized carbons (Fsp3) is 0.769. The van der Waals surface area contributed by atoms with Gasteiger partial charge in [0.05, 0.1) is 5.41 Å². The lowest BCUT2D eigenvalue weighted by Crippen LogP contribution is -2.27. The van der Waals surface area contributed by atoms with Gasteiger partial charge in [-0.05, 0) is 32.6 Å². The molecule has 15 heavy (non-hydrogen) atoms. The molecule has 0 saturated heterocycles. The smallest absolute Gasteiger partial charge is 0.309 e. The summed E-state index contributed by atoms with van der Waals surface area (Å²) in [6.07, 6.45) is 8.73. The molecular formula is C13H24O2. The summed E-state index contributed by atoms with van der Waals surface area (Å²) in [7, 11) is 0. The molecule has 1 unspecified atom stereocenters. The van der Waals surface area contributed by atoms with Gasteiger partial charge in [-0.3, -0.25) is 4.79 Å². The average Bonchev–Trinajstić information content (AvgIpc) is 2.18. The van der Waals surface area contributed by atoms with Crippen LogP contribution in [0.3, 0.4) is 0 Å². The SMILES string of the molecule is C=CCCCCCC(C)(CCC)C(=O)O. The van der Waals surface area contributed by atoms with E-state index in [4.69, 9.17) is 5.11 Å². The highest BCUT2D eigenvalue weighted by Gasteiger charge is 2.30. The van der Waals surface area contributed by atoms with Crippen molar-refractivity contribution in [2.45, 2.75) is 58.8 Å². The number of hydrogen-bond acceptors (Lipinski definition) is 1. The van der Waals surface area contributed by atoms with Gasteiger partial charge in [0, 0.05) is 0 Å². The number of unbranched alkanes of at least 4 members (excludes halogenated alkanes) is 3. The molecule has 88 valence electrons. The van der Waals surface area contributed by atoms with Gasteiger partial charge in [-0.2, -0.15) is 0 Å². The van der Waals surface area contributed by atoms with Gasteiger partial charge in [-0.25, -0.2) is 0 Å². The second-order valence-electron chi connectivity index (χ2n) is 4.50. The van der Waals surface area contributed by atoms with E-state index in [9.17, 15) is 4.79 Å². The summed E-state index contributed by atoms with van der Waals surface area (Å²) in [5.74, 6) is -0.645. The normalized spacial score (nSPS) is 14.5. The summed E-state index contributed by atoms with van der Waals surface area (Å²) in [6, 6.07) is 0. The minimum Gasteiger partial charge on any atom is -0.481 e. The highest BCUT2D eigenvalue weighted by atomic mass is 16.4. The van der Waals surface area contributed by atoms with Crippen LogP contribution in [0.2, 0.25) is 0 Å². The first-order valence-corrected chi connectivity index (χ1v) is 5.91. The third kappa shape index (κ3) is 5.60. The van der Waals surface area contributed by atoms with Crippen LogP contribution >= 0.6 is 0 Å². The fourth-order valence-corrected chi connectivity index (χ4v) is 1.87. The molecule has 0 fully saturated rings. The zero-order valence-corrected chi connectivity index (χ0v) is 10.1. The van der Waals surface area contributed by atoms with Crippen molar-refractivity contribution in [3.8, 4) is 0 Å². The van der Waals surface area contributed by atoms with Gasteiger partial charge in [0.1, 0.15) is 0 Å². The number of carboxylic acid groups (broad SMARTS) is 1. The molecule has 1 atom stereocenters. The molecule has 2 heteroatoms. The second kappa shape index (κ2) is 7.49. The number of carboxylic acids is 1. The van der Waals surface area contributed by atoms with E-state index in [1.807, 2.05) is 19.9 Å². The van der Waals surface area contributed by atoms with Crippen molar-refractivity contribution in [2.24, 2.45) is 5.41 Å². The lowest BCUT2D eigenvalue weighted by molar-refractivity contribution is -0.148. The Kier molecular flexibility index (Phi) is 7.10. The molecule has 0 heterocycles. The van der Waals surface area contributed by atoms with Crippen LogP contribution in [0, 0.1) is 5.41 Å². The second-order valence-corrected chi connectivity index (χ2v) is 4.50. The van der Waals surface area contributed by atoms with Crippen LogP contribution in [0.25, 0.3) is 0 Å². The van der Waals surface area contributed by atoms with Gasteiger partial charge in [0.25, 0.3) is 0 Å². The Bertz CT molecular complexity index is 199. The number of allylic oxidation sites excluding steroid dienone is 1. The molecule has 0 aromatic carbocycles. The first-order valence-electron chi connectivity index (χ1n) is 5.91. The zero-order chi connectivity index (χ0) is 11.7. The molecule has 0 aliphatic heterocycles. The predicted molar refractivity (Wildman–Crippen MR) is 63.9 cm³/mol. The first-order chi connectivity index (χ1) is 7.06. The molecule has 0 radical (unpaired) electrons. The van der Waals surface area contributed by atoms with Crippen LogP contribution in [0.15, 0.2) is 12.7 Å². The van der Waals surface area contributed by atoms with Crippen LogP contribution in [0.4, 0.5) is 0 Å². The molecule has 0 aromatic rings. The summed E-state index contributed by atoms with van der Waals surface area (Å²) in [5.41, 5.74) is -0.511. The molecule has 0 aliphatic rings. The maximum absolute atomic E-state index is 11.1. The standard InChI is InChI=1S/C13H24O2/c1-4-6-7-8-9-11-13(3,10-5-2)12(14)15/h4H,1,5-11H2,2-3H3,(H,14,15). The highest BCUT2D eigenvalue weighted by Crippen LogP contribution is 2.30. The Labute approximate surface area is 93.4 Å².